The van der Waals surface area contributed by atoms with Crippen LogP contribution in [0.25, 0.3) is 0 Å². The Morgan fingerprint density at radius 1 is 1.38 bits per heavy atom. The second-order valence-electron chi connectivity index (χ2n) is 6.34. The zero-order valence-electron chi connectivity index (χ0n) is 15.7. The SMILES string of the molecule is Cc1nn(CCCNC(=O)c2ccc(Cn3cc(Br)c([N+](=O)[O-])n3)o2)c(C)c1Cl. The van der Waals surface area contributed by atoms with Crippen LogP contribution in [0.4, 0.5) is 5.82 Å². The van der Waals surface area contributed by atoms with E-state index in [2.05, 4.69) is 31.4 Å². The molecule has 3 heterocycles. The monoisotopic (exact) mass is 484 g/mol. The molecule has 12 heteroatoms. The summed E-state index contributed by atoms with van der Waals surface area (Å²) in [6.07, 6.45) is 2.16. The minimum atomic E-state index is -0.582. The second-order valence-corrected chi connectivity index (χ2v) is 7.57. The number of nitro groups is 1. The van der Waals surface area contributed by atoms with Crippen molar-refractivity contribution < 1.29 is 14.1 Å². The Morgan fingerprint density at radius 3 is 2.76 bits per heavy atom. The van der Waals surface area contributed by atoms with Gasteiger partial charge < -0.3 is 19.8 Å². The number of amides is 1. The Kier molecular flexibility index (Phi) is 6.38. The van der Waals surface area contributed by atoms with E-state index in [4.69, 9.17) is 16.0 Å². The summed E-state index contributed by atoms with van der Waals surface area (Å²) in [7, 11) is 0. The molecule has 29 heavy (non-hydrogen) atoms. The molecule has 0 unspecified atom stereocenters. The molecule has 0 atom stereocenters. The summed E-state index contributed by atoms with van der Waals surface area (Å²) in [5, 5.41) is 22.5. The lowest BCUT2D eigenvalue weighted by Gasteiger charge is -2.05. The van der Waals surface area contributed by atoms with Gasteiger partial charge in [0.05, 0.1) is 27.7 Å². The molecule has 10 nitrogen and oxygen atoms in total. The lowest BCUT2D eigenvalue weighted by atomic mass is 10.3. The largest absolute Gasteiger partial charge is 0.454 e. The fourth-order valence-electron chi connectivity index (χ4n) is 2.75. The van der Waals surface area contributed by atoms with Crippen LogP contribution >= 0.6 is 27.5 Å². The Labute approximate surface area is 179 Å². The zero-order valence-corrected chi connectivity index (χ0v) is 18.0. The first-order valence-corrected chi connectivity index (χ1v) is 9.87. The van der Waals surface area contributed by atoms with Crippen LogP contribution in [0, 0.1) is 24.0 Å². The number of carbonyl (C=O) groups excluding carboxylic acids is 1. The molecule has 1 amide bonds. The summed E-state index contributed by atoms with van der Waals surface area (Å²) < 4.78 is 8.97. The molecule has 0 fully saturated rings. The first-order chi connectivity index (χ1) is 13.8. The second kappa shape index (κ2) is 8.78. The minimum absolute atomic E-state index is 0.162. The van der Waals surface area contributed by atoms with Gasteiger partial charge in [0.2, 0.25) is 0 Å². The number of rotatable bonds is 8. The van der Waals surface area contributed by atoms with Crippen LogP contribution in [-0.4, -0.2) is 36.9 Å². The van der Waals surface area contributed by atoms with E-state index in [1.54, 1.807) is 12.1 Å². The van der Waals surface area contributed by atoms with Crippen molar-refractivity contribution in [2.75, 3.05) is 6.54 Å². The highest BCUT2D eigenvalue weighted by Crippen LogP contribution is 2.23. The standard InChI is InChI=1S/C17H18BrClN6O4/c1-10-15(19)11(2)24(21-10)7-3-6-20-17(26)14-5-4-12(29-14)8-23-9-13(18)16(22-23)25(27)28/h4-5,9H,3,6-8H2,1-2H3,(H,20,26). The number of hydrogen-bond acceptors (Lipinski definition) is 6. The predicted molar refractivity (Wildman–Crippen MR) is 108 cm³/mol. The average molecular weight is 486 g/mol. The molecule has 0 bridgehead atoms. The topological polar surface area (TPSA) is 121 Å². The molecular weight excluding hydrogens is 468 g/mol. The molecule has 154 valence electrons. The number of nitrogens with one attached hydrogen (secondary N) is 1. The smallest absolute Gasteiger partial charge is 0.404 e. The van der Waals surface area contributed by atoms with Gasteiger partial charge in [-0.25, -0.2) is 0 Å². The van der Waals surface area contributed by atoms with Crippen LogP contribution in [0.2, 0.25) is 5.02 Å². The van der Waals surface area contributed by atoms with Crippen molar-refractivity contribution in [3.8, 4) is 0 Å². The van der Waals surface area contributed by atoms with Crippen LogP contribution in [0.3, 0.4) is 0 Å². The Hall–Kier alpha value is -2.66. The first-order valence-electron chi connectivity index (χ1n) is 8.70. The van der Waals surface area contributed by atoms with Crippen LogP contribution in [0.5, 0.6) is 0 Å². The van der Waals surface area contributed by atoms with Gasteiger partial charge in [-0.3, -0.25) is 9.48 Å². The third-order valence-electron chi connectivity index (χ3n) is 4.20. The maximum atomic E-state index is 12.2. The Balaban J connectivity index is 1.50. The van der Waals surface area contributed by atoms with Gasteiger partial charge in [0, 0.05) is 13.1 Å². The quantitative estimate of drug-likeness (QED) is 0.296. The number of carbonyl (C=O) groups is 1. The van der Waals surface area contributed by atoms with Crippen molar-refractivity contribution in [2.45, 2.75) is 33.4 Å². The fourth-order valence-corrected chi connectivity index (χ4v) is 3.34. The number of nitrogens with zero attached hydrogens (tertiary/aromatic N) is 5. The van der Waals surface area contributed by atoms with Crippen LogP contribution in [-0.2, 0) is 13.1 Å². The van der Waals surface area contributed by atoms with Gasteiger partial charge in [0.25, 0.3) is 5.91 Å². The molecule has 0 saturated heterocycles. The minimum Gasteiger partial charge on any atom is -0.454 e. The molecule has 0 radical (unpaired) electrons. The van der Waals surface area contributed by atoms with Crippen molar-refractivity contribution >= 4 is 39.3 Å². The maximum Gasteiger partial charge on any atom is 0.404 e. The zero-order chi connectivity index (χ0) is 21.1. The van der Waals surface area contributed by atoms with Gasteiger partial charge in [-0.15, -0.1) is 0 Å². The molecule has 0 aliphatic carbocycles. The van der Waals surface area contributed by atoms with E-state index in [-0.39, 0.29) is 28.5 Å². The van der Waals surface area contributed by atoms with Crippen molar-refractivity contribution in [1.82, 2.24) is 24.9 Å². The summed E-state index contributed by atoms with van der Waals surface area (Å²) in [6.45, 7) is 5.00. The number of aryl methyl sites for hydroxylation is 2. The molecule has 0 aromatic carbocycles. The van der Waals surface area contributed by atoms with Crippen LogP contribution < -0.4 is 5.32 Å². The Bertz CT molecular complexity index is 1060. The summed E-state index contributed by atoms with van der Waals surface area (Å²) in [5.41, 5.74) is 1.68. The summed E-state index contributed by atoms with van der Waals surface area (Å²) >= 11 is 9.21. The molecule has 1 N–H and O–H groups in total. The predicted octanol–water partition coefficient (Wildman–Crippen LogP) is 3.48. The third kappa shape index (κ3) is 4.85. The van der Waals surface area contributed by atoms with Gasteiger partial charge in [0.15, 0.2) is 5.76 Å². The van der Waals surface area contributed by atoms with Crippen LogP contribution in [0.1, 0.15) is 34.1 Å². The lowest BCUT2D eigenvalue weighted by Crippen LogP contribution is -2.25. The Morgan fingerprint density at radius 2 is 2.14 bits per heavy atom. The van der Waals surface area contributed by atoms with E-state index in [1.807, 2.05) is 18.5 Å². The van der Waals surface area contributed by atoms with E-state index in [9.17, 15) is 14.9 Å². The van der Waals surface area contributed by atoms with E-state index in [0.717, 1.165) is 11.4 Å². The van der Waals surface area contributed by atoms with Gasteiger partial charge >= 0.3 is 5.82 Å². The van der Waals surface area contributed by atoms with E-state index < -0.39 is 4.92 Å². The highest BCUT2D eigenvalue weighted by atomic mass is 79.9. The first kappa shape index (κ1) is 21.1. The molecule has 3 rings (SSSR count). The number of halogens is 2. The molecule has 0 spiro atoms. The summed E-state index contributed by atoms with van der Waals surface area (Å²) in [4.78, 5) is 22.5. The molecule has 0 saturated carbocycles. The molecule has 0 aliphatic heterocycles. The third-order valence-corrected chi connectivity index (χ3v) is 5.31. The normalized spacial score (nSPS) is 11.0. The van der Waals surface area contributed by atoms with E-state index in [1.165, 1.54) is 10.9 Å². The highest BCUT2D eigenvalue weighted by Gasteiger charge is 2.20. The van der Waals surface area contributed by atoms with E-state index >= 15 is 0 Å². The highest BCUT2D eigenvalue weighted by molar-refractivity contribution is 9.10. The fraction of sp³-hybridized carbons (Fsp3) is 0.353. The van der Waals surface area contributed by atoms with Gasteiger partial charge in [-0.1, -0.05) is 11.6 Å². The van der Waals surface area contributed by atoms with Gasteiger partial charge in [-0.05, 0) is 53.3 Å². The van der Waals surface area contributed by atoms with Gasteiger partial charge in [-0.2, -0.15) is 9.78 Å². The van der Waals surface area contributed by atoms with Crippen molar-refractivity contribution in [3.05, 3.63) is 60.8 Å². The van der Waals surface area contributed by atoms with Crippen molar-refractivity contribution in [3.63, 3.8) is 0 Å². The van der Waals surface area contributed by atoms with Crippen molar-refractivity contribution in [1.29, 1.82) is 0 Å². The van der Waals surface area contributed by atoms with Crippen molar-refractivity contribution in [2.24, 2.45) is 0 Å². The molecular formula is C17H18BrClN6O4. The summed E-state index contributed by atoms with van der Waals surface area (Å²) in [6, 6.07) is 3.19. The maximum absolute atomic E-state index is 12.2. The molecule has 3 aromatic rings. The number of furan rings is 1. The molecule has 3 aromatic heterocycles. The average Bonchev–Trinajstić information content (AvgIpc) is 3.34. The molecule has 0 aliphatic rings. The number of hydrogen-bond donors (Lipinski definition) is 1. The lowest BCUT2D eigenvalue weighted by molar-refractivity contribution is -0.390. The summed E-state index contributed by atoms with van der Waals surface area (Å²) in [5.74, 6) is 0.000843. The van der Waals surface area contributed by atoms with E-state index in [0.29, 0.717) is 30.3 Å². The number of aromatic nitrogens is 4. The van der Waals surface area contributed by atoms with Gasteiger partial charge in [0.1, 0.15) is 16.8 Å². The van der Waals surface area contributed by atoms with Crippen LogP contribution in [0.15, 0.2) is 27.2 Å².